The highest BCUT2D eigenvalue weighted by Gasteiger charge is 2.49. The van der Waals surface area contributed by atoms with E-state index in [0.717, 1.165) is 0 Å². The van der Waals surface area contributed by atoms with Gasteiger partial charge in [-0.25, -0.2) is 29.1 Å². The van der Waals surface area contributed by atoms with Gasteiger partial charge in [-0.3, -0.25) is 28.0 Å². The number of phosphoric acid groups is 1. The summed E-state index contributed by atoms with van der Waals surface area (Å²) < 4.78 is 46.6. The number of aromatic amines is 1. The fourth-order valence-electron chi connectivity index (χ4n) is 5.13. The summed E-state index contributed by atoms with van der Waals surface area (Å²) in [5, 5.41) is 31.1. The van der Waals surface area contributed by atoms with Crippen LogP contribution in [-0.4, -0.2) is 107 Å². The molecule has 244 valence electrons. The summed E-state index contributed by atoms with van der Waals surface area (Å²) in [7, 11) is -5.75. The number of nitrogen functional groups attached to an aromatic ring is 2. The maximum absolute atomic E-state index is 13.2. The molecule has 2 saturated heterocycles. The molecular formula is C21H28N10O12P2. The molecule has 22 nitrogen and oxygen atoms in total. The SMILES string of the molecule is C[C@H](OP(=O)(O)O[C@@H]1C[C@@H](CO)O[C@H]1n1cnc2c(=O)[nH]c(N)nc21)[C@@H]1O[C@@H](n2cnc3c(N)ncnc32)[C@H](O)[C@@H]1O.O=PO. The molecule has 0 bridgehead atoms. The van der Waals surface area contributed by atoms with E-state index < -0.39 is 77.8 Å². The number of imidazole rings is 2. The van der Waals surface area contributed by atoms with Crippen LogP contribution in [0.25, 0.3) is 22.3 Å². The molecule has 6 rings (SSSR count). The van der Waals surface area contributed by atoms with Crippen molar-refractivity contribution in [3.63, 3.8) is 0 Å². The van der Waals surface area contributed by atoms with Crippen molar-refractivity contribution in [3.05, 3.63) is 29.3 Å². The molecule has 1 unspecified atom stereocenters. The van der Waals surface area contributed by atoms with Crippen LogP contribution in [0.1, 0.15) is 25.8 Å². The molecular weight excluding hydrogens is 646 g/mol. The number of nitrogens with two attached hydrogens (primary N) is 2. The van der Waals surface area contributed by atoms with E-state index in [1.165, 1.54) is 35.0 Å². The van der Waals surface area contributed by atoms with Gasteiger partial charge in [0, 0.05) is 6.42 Å². The molecule has 2 aliphatic heterocycles. The van der Waals surface area contributed by atoms with Crippen LogP contribution in [0.2, 0.25) is 0 Å². The molecule has 45 heavy (non-hydrogen) atoms. The van der Waals surface area contributed by atoms with Gasteiger partial charge in [-0.2, -0.15) is 4.98 Å². The number of phosphoric ester groups is 1. The fourth-order valence-corrected chi connectivity index (χ4v) is 6.25. The lowest BCUT2D eigenvalue weighted by Crippen LogP contribution is -2.38. The molecule has 4 aromatic rings. The number of hydrogen-bond donors (Lipinski definition) is 8. The Kier molecular flexibility index (Phi) is 9.54. The number of aliphatic hydroxyl groups is 3. The lowest BCUT2D eigenvalue weighted by atomic mass is 10.1. The average Bonchev–Trinajstić information content (AvgIpc) is 3.74. The maximum atomic E-state index is 13.2. The largest absolute Gasteiger partial charge is 0.472 e. The van der Waals surface area contributed by atoms with Crippen LogP contribution in [0, 0.1) is 0 Å². The zero-order valence-electron chi connectivity index (χ0n) is 23.0. The molecule has 4 aromatic heterocycles. The third-order valence-corrected chi connectivity index (χ3v) is 8.18. The van der Waals surface area contributed by atoms with Crippen molar-refractivity contribution in [1.29, 1.82) is 0 Å². The van der Waals surface area contributed by atoms with Gasteiger partial charge in [-0.05, 0) is 6.92 Å². The van der Waals surface area contributed by atoms with E-state index in [4.69, 9.17) is 39.4 Å². The van der Waals surface area contributed by atoms with Gasteiger partial charge in [0.05, 0.1) is 31.5 Å². The minimum Gasteiger partial charge on any atom is -0.394 e. The standard InChI is InChI=1S/C21H27N10O10P.HO2P/c1-7(14-12(33)13(34)20(39-14)30-5-26-10-15(22)24-4-25-16(10)30)40-42(36,37)41-9-2-8(3-32)38-19(9)31-6-27-11-17(31)28-21(23)29-18(11)35;1-3-2/h4-9,12-14,19-20,32-34H,2-3H2,1H3,(H,36,37)(H2,22,24,25)(H3,23,28,29,35);(H,1,2)/t7-,8-,9+,12-,13+,14-,19+,20+;/m0./s1. The molecule has 2 fully saturated rings. The predicted molar refractivity (Wildman–Crippen MR) is 149 cm³/mol. The lowest BCUT2D eigenvalue weighted by molar-refractivity contribution is -0.0835. The number of rotatable bonds is 8. The van der Waals surface area contributed by atoms with Gasteiger partial charge in [-0.1, -0.05) is 0 Å². The van der Waals surface area contributed by atoms with Crippen LogP contribution in [0.4, 0.5) is 11.8 Å². The number of fused-ring (bicyclic) bond motifs is 2. The molecule has 2 aliphatic rings. The fraction of sp³-hybridized carbons (Fsp3) is 0.524. The summed E-state index contributed by atoms with van der Waals surface area (Å²) in [6.45, 7) is 0.913. The Labute approximate surface area is 252 Å². The molecule has 0 radical (unpaired) electrons. The van der Waals surface area contributed by atoms with E-state index in [9.17, 15) is 29.6 Å². The molecule has 0 aliphatic carbocycles. The smallest absolute Gasteiger partial charge is 0.394 e. The molecule has 0 spiro atoms. The Morgan fingerprint density at radius 3 is 2.47 bits per heavy atom. The highest BCUT2D eigenvalue weighted by molar-refractivity contribution is 7.47. The molecule has 0 aromatic carbocycles. The number of anilines is 2. The number of nitrogens with one attached hydrogen (secondary N) is 1. The first-order chi connectivity index (χ1) is 21.4. The normalized spacial score (nSPS) is 28.7. The quantitative estimate of drug-likeness (QED) is 0.0946. The number of aromatic nitrogens is 8. The number of nitrogens with zero attached hydrogens (tertiary/aromatic N) is 7. The van der Waals surface area contributed by atoms with Crippen molar-refractivity contribution in [2.24, 2.45) is 0 Å². The summed E-state index contributed by atoms with van der Waals surface area (Å²) in [4.78, 5) is 52.3. The van der Waals surface area contributed by atoms with Crippen LogP contribution < -0.4 is 17.0 Å². The minimum atomic E-state index is -4.92. The average molecular weight is 674 g/mol. The first-order valence-corrected chi connectivity index (χ1v) is 15.2. The van der Waals surface area contributed by atoms with Crippen LogP contribution in [0.15, 0.2) is 23.8 Å². The van der Waals surface area contributed by atoms with E-state index in [1.807, 2.05) is 0 Å². The van der Waals surface area contributed by atoms with Crippen molar-refractivity contribution < 1.29 is 52.8 Å². The Balaban J connectivity index is 0.00000128. The summed E-state index contributed by atoms with van der Waals surface area (Å²) >= 11 is 0. The summed E-state index contributed by atoms with van der Waals surface area (Å²) in [5.74, 6) is -0.0885. The summed E-state index contributed by atoms with van der Waals surface area (Å²) in [5.41, 5.74) is 11.3. The zero-order chi connectivity index (χ0) is 32.6. The van der Waals surface area contributed by atoms with Gasteiger partial charge < -0.3 is 46.0 Å². The maximum Gasteiger partial charge on any atom is 0.472 e. The van der Waals surface area contributed by atoms with E-state index >= 15 is 0 Å². The van der Waals surface area contributed by atoms with E-state index in [2.05, 4.69) is 29.9 Å². The Bertz CT molecular complexity index is 1790. The van der Waals surface area contributed by atoms with Gasteiger partial charge in [0.15, 0.2) is 35.1 Å². The molecule has 0 amide bonds. The summed E-state index contributed by atoms with van der Waals surface area (Å²) in [6.07, 6.45) is -6.24. The van der Waals surface area contributed by atoms with Crippen molar-refractivity contribution >= 4 is 50.6 Å². The number of ether oxygens (including phenoxy) is 2. The van der Waals surface area contributed by atoms with Crippen molar-refractivity contribution in [3.8, 4) is 0 Å². The first-order valence-electron chi connectivity index (χ1n) is 13.0. The molecule has 0 saturated carbocycles. The van der Waals surface area contributed by atoms with Gasteiger partial charge in [0.25, 0.3) is 5.56 Å². The first kappa shape index (κ1) is 32.9. The second-order valence-corrected chi connectivity index (χ2v) is 11.4. The van der Waals surface area contributed by atoms with Crippen molar-refractivity contribution in [1.82, 2.24) is 39.0 Å². The number of H-pyrrole nitrogens is 1. The minimum absolute atomic E-state index is 0.0251. The Morgan fingerprint density at radius 2 is 1.78 bits per heavy atom. The van der Waals surface area contributed by atoms with Crippen molar-refractivity contribution in [2.75, 3.05) is 18.1 Å². The molecule has 9 atom stereocenters. The second kappa shape index (κ2) is 13.1. The third-order valence-electron chi connectivity index (χ3n) is 7.04. The van der Waals surface area contributed by atoms with Crippen molar-refractivity contribution in [2.45, 2.75) is 62.4 Å². The van der Waals surface area contributed by atoms with Gasteiger partial charge >= 0.3 is 16.5 Å². The van der Waals surface area contributed by atoms with Crippen LogP contribution in [0.3, 0.4) is 0 Å². The second-order valence-electron chi connectivity index (χ2n) is 9.90. The molecule has 10 N–H and O–H groups in total. The monoisotopic (exact) mass is 674 g/mol. The Morgan fingerprint density at radius 1 is 1.11 bits per heavy atom. The Hall–Kier alpha value is -3.53. The third kappa shape index (κ3) is 6.44. The molecule has 6 heterocycles. The van der Waals surface area contributed by atoms with Gasteiger partial charge in [0.1, 0.15) is 36.3 Å². The summed E-state index contributed by atoms with van der Waals surface area (Å²) in [6, 6.07) is 0. The van der Waals surface area contributed by atoms with E-state index in [0.29, 0.717) is 0 Å². The van der Waals surface area contributed by atoms with E-state index in [-0.39, 0.29) is 40.5 Å². The number of aliphatic hydroxyl groups excluding tert-OH is 3. The van der Waals surface area contributed by atoms with Gasteiger partial charge in [0.2, 0.25) is 5.95 Å². The van der Waals surface area contributed by atoms with Crippen LogP contribution in [-0.2, 0) is 27.7 Å². The zero-order valence-corrected chi connectivity index (χ0v) is 24.8. The topological polar surface area (TPSA) is 331 Å². The van der Waals surface area contributed by atoms with Crippen LogP contribution >= 0.6 is 16.5 Å². The highest BCUT2D eigenvalue weighted by atomic mass is 31.2. The number of hydrogen-bond acceptors (Lipinski definition) is 17. The highest BCUT2D eigenvalue weighted by Crippen LogP contribution is 2.51. The van der Waals surface area contributed by atoms with E-state index in [1.54, 1.807) is 0 Å². The van der Waals surface area contributed by atoms with Crippen LogP contribution in [0.5, 0.6) is 0 Å². The predicted octanol–water partition coefficient (Wildman–Crippen LogP) is -1.90. The molecule has 24 heteroatoms. The van der Waals surface area contributed by atoms with Gasteiger partial charge in [-0.15, -0.1) is 0 Å². The lowest BCUT2D eigenvalue weighted by Gasteiger charge is -2.27.